The molecule has 0 saturated carbocycles. The molecule has 1 heterocycles. The molecule has 0 fully saturated rings. The van der Waals surface area contributed by atoms with Crippen LogP contribution in [0.15, 0.2) is 27.2 Å². The van der Waals surface area contributed by atoms with Crippen LogP contribution in [0.5, 0.6) is 0 Å². The van der Waals surface area contributed by atoms with Crippen molar-refractivity contribution in [1.82, 2.24) is 5.16 Å². The second-order valence-electron chi connectivity index (χ2n) is 4.09. The zero-order valence-corrected chi connectivity index (χ0v) is 11.1. The molecule has 2 aromatic rings. The minimum Gasteiger partial charge on any atom is -0.381 e. The van der Waals surface area contributed by atoms with Crippen LogP contribution in [0.25, 0.3) is 11.3 Å². The van der Waals surface area contributed by atoms with E-state index < -0.39 is 0 Å². The van der Waals surface area contributed by atoms with Crippen LogP contribution in [-0.4, -0.2) is 5.16 Å². The van der Waals surface area contributed by atoms with E-state index in [1.807, 2.05) is 13.8 Å². The fourth-order valence-corrected chi connectivity index (χ4v) is 2.16. The summed E-state index contributed by atoms with van der Waals surface area (Å²) in [5.41, 5.74) is 7.18. The number of nitrogens with two attached hydrogens (primary N) is 1. The standard InChI is InChI=1S/C12H12BrFN2O/c1-6(2)10-11(17-16-12(10)15)8-5-7(14)3-4-9(8)13/h3-6H,1-2H3,(H2,15,16). The highest BCUT2D eigenvalue weighted by molar-refractivity contribution is 9.10. The topological polar surface area (TPSA) is 52.0 Å². The van der Waals surface area contributed by atoms with Crippen molar-refractivity contribution in [3.63, 3.8) is 0 Å². The van der Waals surface area contributed by atoms with Crippen LogP contribution in [0, 0.1) is 5.82 Å². The van der Waals surface area contributed by atoms with Gasteiger partial charge in [0.1, 0.15) is 5.82 Å². The van der Waals surface area contributed by atoms with Gasteiger partial charge >= 0.3 is 0 Å². The minimum absolute atomic E-state index is 0.159. The van der Waals surface area contributed by atoms with E-state index in [-0.39, 0.29) is 11.7 Å². The first-order valence-corrected chi connectivity index (χ1v) is 6.00. The molecule has 5 heteroatoms. The predicted octanol–water partition coefficient (Wildman–Crippen LogP) is 3.95. The van der Waals surface area contributed by atoms with Crippen LogP contribution in [0.1, 0.15) is 25.3 Å². The lowest BCUT2D eigenvalue weighted by molar-refractivity contribution is 0.434. The number of hydrogen-bond donors (Lipinski definition) is 1. The molecule has 2 rings (SSSR count). The monoisotopic (exact) mass is 298 g/mol. The maximum absolute atomic E-state index is 13.3. The second kappa shape index (κ2) is 4.49. The quantitative estimate of drug-likeness (QED) is 0.913. The summed E-state index contributed by atoms with van der Waals surface area (Å²) in [4.78, 5) is 0. The van der Waals surface area contributed by atoms with Crippen LogP contribution in [0.4, 0.5) is 10.2 Å². The lowest BCUT2D eigenvalue weighted by Crippen LogP contribution is -1.95. The van der Waals surface area contributed by atoms with Crippen molar-refractivity contribution >= 4 is 21.7 Å². The van der Waals surface area contributed by atoms with Gasteiger partial charge in [0, 0.05) is 15.6 Å². The molecule has 1 aromatic carbocycles. The van der Waals surface area contributed by atoms with Crippen LogP contribution >= 0.6 is 15.9 Å². The summed E-state index contributed by atoms with van der Waals surface area (Å²) in [6.07, 6.45) is 0. The second-order valence-corrected chi connectivity index (χ2v) is 4.94. The molecular weight excluding hydrogens is 287 g/mol. The Bertz CT molecular complexity index is 551. The lowest BCUT2D eigenvalue weighted by Gasteiger charge is -2.07. The smallest absolute Gasteiger partial charge is 0.173 e. The molecule has 1 aromatic heterocycles. The van der Waals surface area contributed by atoms with E-state index in [0.717, 1.165) is 10.0 Å². The van der Waals surface area contributed by atoms with E-state index in [1.165, 1.54) is 12.1 Å². The molecule has 0 unspecified atom stereocenters. The van der Waals surface area contributed by atoms with E-state index >= 15 is 0 Å². The summed E-state index contributed by atoms with van der Waals surface area (Å²) >= 11 is 3.36. The highest BCUT2D eigenvalue weighted by atomic mass is 79.9. The van der Waals surface area contributed by atoms with Crippen LogP contribution in [0.2, 0.25) is 0 Å². The molecule has 0 radical (unpaired) electrons. The summed E-state index contributed by atoms with van der Waals surface area (Å²) in [5.74, 6) is 0.703. The van der Waals surface area contributed by atoms with Crippen molar-refractivity contribution in [3.05, 3.63) is 34.1 Å². The summed E-state index contributed by atoms with van der Waals surface area (Å²) in [6, 6.07) is 4.41. The van der Waals surface area contributed by atoms with Gasteiger partial charge in [-0.2, -0.15) is 0 Å². The van der Waals surface area contributed by atoms with Gasteiger partial charge in [0.25, 0.3) is 0 Å². The first-order valence-electron chi connectivity index (χ1n) is 5.21. The number of aromatic nitrogens is 1. The fourth-order valence-electron chi connectivity index (χ4n) is 1.73. The third-order valence-electron chi connectivity index (χ3n) is 2.51. The Labute approximate surface area is 107 Å². The van der Waals surface area contributed by atoms with Gasteiger partial charge in [-0.25, -0.2) is 4.39 Å². The molecule has 17 heavy (non-hydrogen) atoms. The average Bonchev–Trinajstić information content (AvgIpc) is 2.64. The summed E-state index contributed by atoms with van der Waals surface area (Å²) in [5, 5.41) is 3.74. The normalized spacial score (nSPS) is 11.1. The van der Waals surface area contributed by atoms with Crippen molar-refractivity contribution in [2.24, 2.45) is 0 Å². The largest absolute Gasteiger partial charge is 0.381 e. The molecule has 0 amide bonds. The molecular formula is C12H12BrFN2O. The van der Waals surface area contributed by atoms with Crippen molar-refractivity contribution in [3.8, 4) is 11.3 Å². The number of halogens is 2. The SMILES string of the molecule is CC(C)c1c(N)noc1-c1cc(F)ccc1Br. The van der Waals surface area contributed by atoms with Crippen molar-refractivity contribution < 1.29 is 8.91 Å². The summed E-state index contributed by atoms with van der Waals surface area (Å²) in [7, 11) is 0. The Morgan fingerprint density at radius 3 is 2.76 bits per heavy atom. The third kappa shape index (κ3) is 2.20. The molecule has 0 aliphatic rings. The number of rotatable bonds is 2. The number of nitrogen functional groups attached to an aromatic ring is 1. The molecule has 0 atom stereocenters. The first-order chi connectivity index (χ1) is 8.00. The van der Waals surface area contributed by atoms with Crippen LogP contribution in [-0.2, 0) is 0 Å². The van der Waals surface area contributed by atoms with Crippen LogP contribution < -0.4 is 5.73 Å². The maximum atomic E-state index is 13.3. The Morgan fingerprint density at radius 1 is 1.41 bits per heavy atom. The van der Waals surface area contributed by atoms with Gasteiger partial charge in [-0.3, -0.25) is 0 Å². The van der Waals surface area contributed by atoms with Gasteiger partial charge in [-0.15, -0.1) is 0 Å². The molecule has 3 nitrogen and oxygen atoms in total. The fraction of sp³-hybridized carbons (Fsp3) is 0.250. The van der Waals surface area contributed by atoms with Crippen LogP contribution in [0.3, 0.4) is 0 Å². The first kappa shape index (κ1) is 12.1. The zero-order chi connectivity index (χ0) is 12.6. The Kier molecular flexibility index (Phi) is 3.19. The van der Waals surface area contributed by atoms with Gasteiger partial charge in [0.05, 0.1) is 0 Å². The third-order valence-corrected chi connectivity index (χ3v) is 3.20. The summed E-state index contributed by atoms with van der Waals surface area (Å²) in [6.45, 7) is 3.97. The number of hydrogen-bond acceptors (Lipinski definition) is 3. The van der Waals surface area contributed by atoms with E-state index in [1.54, 1.807) is 6.07 Å². The van der Waals surface area contributed by atoms with Gasteiger partial charge < -0.3 is 10.3 Å². The molecule has 0 bridgehead atoms. The van der Waals surface area contributed by atoms with Crippen molar-refractivity contribution in [1.29, 1.82) is 0 Å². The van der Waals surface area contributed by atoms with Gasteiger partial charge in [0.15, 0.2) is 11.6 Å². The highest BCUT2D eigenvalue weighted by Gasteiger charge is 2.20. The maximum Gasteiger partial charge on any atom is 0.173 e. The predicted molar refractivity (Wildman–Crippen MR) is 68.1 cm³/mol. The van der Waals surface area contributed by atoms with Gasteiger partial charge in [-0.1, -0.05) is 34.9 Å². The van der Waals surface area contributed by atoms with E-state index in [9.17, 15) is 4.39 Å². The Hall–Kier alpha value is -1.36. The average molecular weight is 299 g/mol. The van der Waals surface area contributed by atoms with Crippen molar-refractivity contribution in [2.45, 2.75) is 19.8 Å². The number of benzene rings is 1. The Balaban J connectivity index is 2.64. The lowest BCUT2D eigenvalue weighted by atomic mass is 9.99. The Morgan fingerprint density at radius 2 is 2.12 bits per heavy atom. The number of anilines is 1. The summed E-state index contributed by atoms with van der Waals surface area (Å²) < 4.78 is 19.2. The van der Waals surface area contributed by atoms with E-state index in [0.29, 0.717) is 17.1 Å². The van der Waals surface area contributed by atoms with Gasteiger partial charge in [-0.05, 0) is 24.1 Å². The minimum atomic E-state index is -0.326. The number of nitrogens with zero attached hydrogens (tertiary/aromatic N) is 1. The zero-order valence-electron chi connectivity index (χ0n) is 9.50. The van der Waals surface area contributed by atoms with Crippen molar-refractivity contribution in [2.75, 3.05) is 5.73 Å². The molecule has 90 valence electrons. The molecule has 2 N–H and O–H groups in total. The van der Waals surface area contributed by atoms with E-state index in [2.05, 4.69) is 21.1 Å². The van der Waals surface area contributed by atoms with E-state index in [4.69, 9.17) is 10.3 Å². The van der Waals surface area contributed by atoms with Gasteiger partial charge in [0.2, 0.25) is 0 Å². The molecule has 0 spiro atoms. The molecule has 0 aliphatic heterocycles. The molecule has 0 saturated heterocycles. The molecule has 0 aliphatic carbocycles. The highest BCUT2D eigenvalue weighted by Crippen LogP contribution is 2.37.